The molecule has 0 aromatic heterocycles. The molecule has 0 radical (unpaired) electrons. The Kier molecular flexibility index (Phi) is 8.02. The molecule has 0 saturated carbocycles. The molecule has 2 N–H and O–H groups in total. The fourth-order valence-electron chi connectivity index (χ4n) is 2.61. The van der Waals surface area contributed by atoms with Crippen molar-refractivity contribution in [3.8, 4) is 0 Å². The minimum atomic E-state index is -3.26. The highest BCUT2D eigenvalue weighted by Gasteiger charge is 2.27. The summed E-state index contributed by atoms with van der Waals surface area (Å²) in [5, 5.41) is 3.16. The molecule has 1 aliphatic rings. The zero-order chi connectivity index (χ0) is 15.0. The lowest BCUT2D eigenvalue weighted by Crippen LogP contribution is -2.46. The summed E-state index contributed by atoms with van der Waals surface area (Å²) in [7, 11) is -1.31. The van der Waals surface area contributed by atoms with Gasteiger partial charge in [0.25, 0.3) is 10.2 Å². The molecule has 1 rings (SSSR count). The van der Waals surface area contributed by atoms with Gasteiger partial charge in [0.2, 0.25) is 0 Å². The summed E-state index contributed by atoms with van der Waals surface area (Å²) in [5.74, 6) is 1.30. The predicted molar refractivity (Wildman–Crippen MR) is 83.8 cm³/mol. The van der Waals surface area contributed by atoms with Crippen molar-refractivity contribution in [3.05, 3.63) is 0 Å². The van der Waals surface area contributed by atoms with Gasteiger partial charge in [-0.15, -0.1) is 0 Å². The third-order valence-corrected chi connectivity index (χ3v) is 5.51. The first-order chi connectivity index (χ1) is 9.45. The zero-order valence-electron chi connectivity index (χ0n) is 13.2. The molecular weight excluding hydrogens is 274 g/mol. The van der Waals surface area contributed by atoms with Gasteiger partial charge >= 0.3 is 0 Å². The van der Waals surface area contributed by atoms with E-state index in [0.717, 1.165) is 38.6 Å². The molecule has 0 atom stereocenters. The number of hydrogen-bond donors (Lipinski definition) is 2. The van der Waals surface area contributed by atoms with Gasteiger partial charge in [-0.1, -0.05) is 26.7 Å². The molecule has 5 nitrogen and oxygen atoms in total. The van der Waals surface area contributed by atoms with Crippen molar-refractivity contribution in [2.75, 3.05) is 33.2 Å². The third-order valence-electron chi connectivity index (χ3n) is 3.90. The van der Waals surface area contributed by atoms with Crippen molar-refractivity contribution in [2.45, 2.75) is 46.0 Å². The van der Waals surface area contributed by atoms with Crippen LogP contribution in [-0.4, -0.2) is 45.9 Å². The van der Waals surface area contributed by atoms with Gasteiger partial charge in [0, 0.05) is 19.6 Å². The topological polar surface area (TPSA) is 61.4 Å². The Bertz CT molecular complexity index is 349. The summed E-state index contributed by atoms with van der Waals surface area (Å²) >= 11 is 0. The van der Waals surface area contributed by atoms with Crippen LogP contribution in [0.4, 0.5) is 0 Å². The summed E-state index contributed by atoms with van der Waals surface area (Å²) < 4.78 is 28.6. The third kappa shape index (κ3) is 6.52. The highest BCUT2D eigenvalue weighted by Crippen LogP contribution is 2.18. The minimum Gasteiger partial charge on any atom is -0.319 e. The van der Waals surface area contributed by atoms with Crippen LogP contribution in [0, 0.1) is 11.8 Å². The standard InChI is InChI=1S/C14H31N3O2S/c1-13(2)6-4-5-9-16-20(18,19)17-10-7-14(8-11-17)12-15-3/h13-16H,4-12H2,1-3H3. The van der Waals surface area contributed by atoms with Gasteiger partial charge in [-0.05, 0) is 44.7 Å². The number of nitrogens with one attached hydrogen (secondary N) is 2. The maximum atomic E-state index is 12.1. The lowest BCUT2D eigenvalue weighted by atomic mass is 9.98. The molecule has 0 unspecified atom stereocenters. The molecule has 120 valence electrons. The fourth-order valence-corrected chi connectivity index (χ4v) is 3.89. The molecule has 20 heavy (non-hydrogen) atoms. The molecule has 1 aliphatic heterocycles. The van der Waals surface area contributed by atoms with E-state index in [2.05, 4.69) is 23.9 Å². The number of rotatable bonds is 9. The van der Waals surface area contributed by atoms with Gasteiger partial charge in [0.15, 0.2) is 0 Å². The second kappa shape index (κ2) is 8.97. The average Bonchev–Trinajstić information content (AvgIpc) is 2.39. The van der Waals surface area contributed by atoms with E-state index in [1.165, 1.54) is 0 Å². The van der Waals surface area contributed by atoms with Gasteiger partial charge in [-0.25, -0.2) is 4.72 Å². The average molecular weight is 305 g/mol. The number of nitrogens with zero attached hydrogens (tertiary/aromatic N) is 1. The lowest BCUT2D eigenvalue weighted by molar-refractivity contribution is 0.268. The largest absolute Gasteiger partial charge is 0.319 e. The smallest absolute Gasteiger partial charge is 0.279 e. The predicted octanol–water partition coefficient (Wildman–Crippen LogP) is 1.58. The molecule has 0 amide bonds. The molecule has 1 heterocycles. The monoisotopic (exact) mass is 305 g/mol. The molecule has 1 fully saturated rings. The Morgan fingerprint density at radius 3 is 2.40 bits per heavy atom. The summed E-state index contributed by atoms with van der Waals surface area (Å²) in [6, 6.07) is 0. The molecule has 6 heteroatoms. The van der Waals surface area contributed by atoms with E-state index < -0.39 is 10.2 Å². The Morgan fingerprint density at radius 1 is 1.20 bits per heavy atom. The Hall–Kier alpha value is -0.170. The second-order valence-corrected chi connectivity index (χ2v) is 7.94. The molecule has 0 bridgehead atoms. The van der Waals surface area contributed by atoms with Gasteiger partial charge in [-0.3, -0.25) is 0 Å². The maximum absolute atomic E-state index is 12.1. The Balaban J connectivity index is 2.24. The SMILES string of the molecule is CNCC1CCN(S(=O)(=O)NCCCCC(C)C)CC1. The van der Waals surface area contributed by atoms with E-state index in [-0.39, 0.29) is 0 Å². The van der Waals surface area contributed by atoms with E-state index in [1.807, 2.05) is 7.05 Å². The number of piperidine rings is 1. The highest BCUT2D eigenvalue weighted by molar-refractivity contribution is 7.87. The van der Waals surface area contributed by atoms with Crippen LogP contribution in [0.1, 0.15) is 46.0 Å². The van der Waals surface area contributed by atoms with Crippen molar-refractivity contribution < 1.29 is 8.42 Å². The van der Waals surface area contributed by atoms with Gasteiger partial charge < -0.3 is 5.32 Å². The van der Waals surface area contributed by atoms with E-state index in [4.69, 9.17) is 0 Å². The van der Waals surface area contributed by atoms with Crippen molar-refractivity contribution in [1.29, 1.82) is 0 Å². The van der Waals surface area contributed by atoms with Crippen LogP contribution >= 0.6 is 0 Å². The van der Waals surface area contributed by atoms with Crippen LogP contribution in [0.25, 0.3) is 0 Å². The van der Waals surface area contributed by atoms with Crippen molar-refractivity contribution in [3.63, 3.8) is 0 Å². The molecule has 1 saturated heterocycles. The number of hydrogen-bond acceptors (Lipinski definition) is 3. The molecule has 0 aliphatic carbocycles. The first kappa shape index (κ1) is 17.9. The molecular formula is C14H31N3O2S. The van der Waals surface area contributed by atoms with Crippen LogP contribution in [0.2, 0.25) is 0 Å². The van der Waals surface area contributed by atoms with Crippen molar-refractivity contribution >= 4 is 10.2 Å². The zero-order valence-corrected chi connectivity index (χ0v) is 14.0. The van der Waals surface area contributed by atoms with Gasteiger partial charge in [0.05, 0.1) is 0 Å². The van der Waals surface area contributed by atoms with E-state index in [1.54, 1.807) is 4.31 Å². The summed E-state index contributed by atoms with van der Waals surface area (Å²) in [4.78, 5) is 0. The van der Waals surface area contributed by atoms with Crippen LogP contribution in [0.3, 0.4) is 0 Å². The molecule has 0 aromatic carbocycles. The van der Waals surface area contributed by atoms with E-state index in [9.17, 15) is 8.42 Å². The van der Waals surface area contributed by atoms with Gasteiger partial charge in [-0.2, -0.15) is 12.7 Å². The normalized spacial score (nSPS) is 18.8. The van der Waals surface area contributed by atoms with Crippen molar-refractivity contribution in [2.24, 2.45) is 11.8 Å². The molecule has 0 spiro atoms. The Morgan fingerprint density at radius 2 is 1.85 bits per heavy atom. The summed E-state index contributed by atoms with van der Waals surface area (Å²) in [6.07, 6.45) is 5.08. The summed E-state index contributed by atoms with van der Waals surface area (Å²) in [6.45, 7) is 7.22. The first-order valence-corrected chi connectivity index (χ1v) is 9.29. The minimum absolute atomic E-state index is 0.561. The van der Waals surface area contributed by atoms with Crippen LogP contribution < -0.4 is 10.0 Å². The lowest BCUT2D eigenvalue weighted by Gasteiger charge is -2.31. The quantitative estimate of drug-likeness (QED) is 0.636. The fraction of sp³-hybridized carbons (Fsp3) is 1.00. The van der Waals surface area contributed by atoms with E-state index >= 15 is 0 Å². The highest BCUT2D eigenvalue weighted by atomic mass is 32.2. The maximum Gasteiger partial charge on any atom is 0.279 e. The van der Waals surface area contributed by atoms with Gasteiger partial charge in [0.1, 0.15) is 0 Å². The number of unbranched alkanes of at least 4 members (excludes halogenated alkanes) is 1. The van der Waals surface area contributed by atoms with Crippen molar-refractivity contribution in [1.82, 2.24) is 14.3 Å². The van der Waals surface area contributed by atoms with Crippen LogP contribution in [0.5, 0.6) is 0 Å². The van der Waals surface area contributed by atoms with Crippen LogP contribution in [-0.2, 0) is 10.2 Å². The van der Waals surface area contributed by atoms with E-state index in [0.29, 0.717) is 31.5 Å². The second-order valence-electron chi connectivity index (χ2n) is 6.19. The van der Waals surface area contributed by atoms with Crippen LogP contribution in [0.15, 0.2) is 0 Å². The first-order valence-electron chi connectivity index (χ1n) is 7.85. The summed E-state index contributed by atoms with van der Waals surface area (Å²) in [5.41, 5.74) is 0. The molecule has 0 aromatic rings. The Labute approximate surface area is 124 Å².